The monoisotopic (exact) mass is 265 g/mol. The molecule has 6 heteroatoms. The van der Waals surface area contributed by atoms with Crippen molar-refractivity contribution in [1.82, 2.24) is 19.9 Å². The first-order valence-electron chi connectivity index (χ1n) is 6.24. The number of para-hydroxylation sites is 2. The molecule has 0 radical (unpaired) electrons. The SMILES string of the molecule is Nc1nc2ccccc2n1Cc1cccc2nonc12. The number of nitrogen functional groups attached to an aromatic ring is 1. The lowest BCUT2D eigenvalue weighted by Gasteiger charge is -2.06. The Kier molecular flexibility index (Phi) is 2.23. The fraction of sp³-hybridized carbons (Fsp3) is 0.0714. The van der Waals surface area contributed by atoms with Crippen LogP contribution < -0.4 is 5.73 Å². The highest BCUT2D eigenvalue weighted by Gasteiger charge is 2.11. The molecule has 6 nitrogen and oxygen atoms in total. The summed E-state index contributed by atoms with van der Waals surface area (Å²) in [6.45, 7) is 0.581. The Hall–Kier alpha value is -2.89. The zero-order valence-electron chi connectivity index (χ0n) is 10.5. The van der Waals surface area contributed by atoms with Crippen molar-refractivity contribution in [2.45, 2.75) is 6.54 Å². The van der Waals surface area contributed by atoms with Gasteiger partial charge in [-0.1, -0.05) is 24.3 Å². The number of fused-ring (bicyclic) bond motifs is 2. The Morgan fingerprint density at radius 1 is 1.00 bits per heavy atom. The number of anilines is 1. The standard InChI is InChI=1S/C14H11N5O/c15-14-16-10-5-1-2-7-12(10)19(14)8-9-4-3-6-11-13(9)18-20-17-11/h1-7H,8H2,(H2,15,16). The highest BCUT2D eigenvalue weighted by atomic mass is 16.6. The van der Waals surface area contributed by atoms with Crippen molar-refractivity contribution in [3.8, 4) is 0 Å². The van der Waals surface area contributed by atoms with Gasteiger partial charge in [-0.05, 0) is 28.5 Å². The van der Waals surface area contributed by atoms with E-state index >= 15 is 0 Å². The summed E-state index contributed by atoms with van der Waals surface area (Å²) in [7, 11) is 0. The summed E-state index contributed by atoms with van der Waals surface area (Å²) in [5, 5.41) is 7.80. The third-order valence-electron chi connectivity index (χ3n) is 3.38. The molecule has 0 aliphatic heterocycles. The molecule has 0 saturated heterocycles. The van der Waals surface area contributed by atoms with Crippen molar-refractivity contribution in [2.24, 2.45) is 0 Å². The average molecular weight is 265 g/mol. The molecule has 0 atom stereocenters. The van der Waals surface area contributed by atoms with Gasteiger partial charge in [0.25, 0.3) is 0 Å². The second-order valence-corrected chi connectivity index (χ2v) is 4.59. The van der Waals surface area contributed by atoms with Gasteiger partial charge in [0.2, 0.25) is 5.95 Å². The first kappa shape index (κ1) is 11.0. The van der Waals surface area contributed by atoms with Crippen LogP contribution in [0.2, 0.25) is 0 Å². The molecular formula is C14H11N5O. The van der Waals surface area contributed by atoms with Crippen LogP contribution in [0.25, 0.3) is 22.1 Å². The van der Waals surface area contributed by atoms with Crippen molar-refractivity contribution in [3.63, 3.8) is 0 Å². The maximum atomic E-state index is 6.01. The van der Waals surface area contributed by atoms with Crippen LogP contribution in [0.5, 0.6) is 0 Å². The van der Waals surface area contributed by atoms with Gasteiger partial charge in [-0.3, -0.25) is 0 Å². The molecule has 0 bridgehead atoms. The van der Waals surface area contributed by atoms with Gasteiger partial charge in [-0.25, -0.2) is 9.61 Å². The third-order valence-corrected chi connectivity index (χ3v) is 3.38. The maximum absolute atomic E-state index is 6.01. The summed E-state index contributed by atoms with van der Waals surface area (Å²) in [5.41, 5.74) is 10.4. The van der Waals surface area contributed by atoms with Crippen LogP contribution >= 0.6 is 0 Å². The topological polar surface area (TPSA) is 82.8 Å². The molecule has 0 saturated carbocycles. The molecule has 0 spiro atoms. The van der Waals surface area contributed by atoms with Crippen LogP contribution in [0.4, 0.5) is 5.95 Å². The summed E-state index contributed by atoms with van der Waals surface area (Å²) >= 11 is 0. The zero-order valence-corrected chi connectivity index (χ0v) is 10.5. The fourth-order valence-corrected chi connectivity index (χ4v) is 2.42. The number of imidazole rings is 1. The third kappa shape index (κ3) is 1.55. The minimum atomic E-state index is 0.486. The Bertz CT molecular complexity index is 908. The predicted octanol–water partition coefficient (Wildman–Crippen LogP) is 2.20. The largest absolute Gasteiger partial charge is 0.369 e. The van der Waals surface area contributed by atoms with Crippen LogP contribution in [-0.4, -0.2) is 19.9 Å². The van der Waals surface area contributed by atoms with Gasteiger partial charge in [-0.2, -0.15) is 0 Å². The molecule has 2 aromatic carbocycles. The average Bonchev–Trinajstić information content (AvgIpc) is 3.05. The molecule has 0 aliphatic rings. The Morgan fingerprint density at radius 2 is 1.85 bits per heavy atom. The van der Waals surface area contributed by atoms with Crippen molar-refractivity contribution >= 4 is 28.0 Å². The highest BCUT2D eigenvalue weighted by molar-refractivity contribution is 5.80. The second kappa shape index (κ2) is 4.06. The van der Waals surface area contributed by atoms with E-state index in [-0.39, 0.29) is 0 Å². The maximum Gasteiger partial charge on any atom is 0.201 e. The van der Waals surface area contributed by atoms with E-state index in [1.165, 1.54) is 0 Å². The lowest BCUT2D eigenvalue weighted by molar-refractivity contribution is 0.315. The van der Waals surface area contributed by atoms with Crippen molar-refractivity contribution in [3.05, 3.63) is 48.0 Å². The Labute approximate surface area is 113 Å². The van der Waals surface area contributed by atoms with Gasteiger partial charge in [0.05, 0.1) is 17.6 Å². The van der Waals surface area contributed by atoms with E-state index < -0.39 is 0 Å². The van der Waals surface area contributed by atoms with E-state index in [0.29, 0.717) is 12.5 Å². The number of nitrogens with two attached hydrogens (primary N) is 1. The number of hydrogen-bond donors (Lipinski definition) is 1. The van der Waals surface area contributed by atoms with E-state index in [2.05, 4.69) is 15.3 Å². The first-order chi connectivity index (χ1) is 9.83. The van der Waals surface area contributed by atoms with Crippen LogP contribution in [-0.2, 0) is 6.54 Å². The lowest BCUT2D eigenvalue weighted by atomic mass is 10.2. The van der Waals surface area contributed by atoms with E-state index in [9.17, 15) is 0 Å². The van der Waals surface area contributed by atoms with E-state index in [1.807, 2.05) is 47.0 Å². The van der Waals surface area contributed by atoms with Crippen molar-refractivity contribution in [2.75, 3.05) is 5.73 Å². The van der Waals surface area contributed by atoms with Crippen LogP contribution in [0.3, 0.4) is 0 Å². The summed E-state index contributed by atoms with van der Waals surface area (Å²) < 4.78 is 6.74. The quantitative estimate of drug-likeness (QED) is 0.600. The van der Waals surface area contributed by atoms with Gasteiger partial charge >= 0.3 is 0 Å². The highest BCUT2D eigenvalue weighted by Crippen LogP contribution is 2.22. The van der Waals surface area contributed by atoms with Gasteiger partial charge in [0, 0.05) is 5.56 Å². The molecule has 2 heterocycles. The van der Waals surface area contributed by atoms with Gasteiger partial charge in [0.1, 0.15) is 11.0 Å². The molecule has 98 valence electrons. The minimum absolute atomic E-state index is 0.486. The Balaban J connectivity index is 1.89. The molecule has 2 aromatic heterocycles. The van der Waals surface area contributed by atoms with Crippen LogP contribution in [0, 0.1) is 0 Å². The molecule has 0 fully saturated rings. The number of aromatic nitrogens is 4. The van der Waals surface area contributed by atoms with E-state index in [1.54, 1.807) is 0 Å². The summed E-state index contributed by atoms with van der Waals surface area (Å²) in [6, 6.07) is 13.6. The molecular weight excluding hydrogens is 254 g/mol. The molecule has 4 rings (SSSR count). The molecule has 0 unspecified atom stereocenters. The summed E-state index contributed by atoms with van der Waals surface area (Å²) in [6.07, 6.45) is 0. The normalized spacial score (nSPS) is 11.4. The van der Waals surface area contributed by atoms with Crippen molar-refractivity contribution in [1.29, 1.82) is 0 Å². The predicted molar refractivity (Wildman–Crippen MR) is 75.1 cm³/mol. The second-order valence-electron chi connectivity index (χ2n) is 4.59. The Morgan fingerprint density at radius 3 is 2.80 bits per heavy atom. The number of hydrogen-bond acceptors (Lipinski definition) is 5. The summed E-state index contributed by atoms with van der Waals surface area (Å²) in [4.78, 5) is 4.36. The van der Waals surface area contributed by atoms with E-state index in [4.69, 9.17) is 10.4 Å². The smallest absolute Gasteiger partial charge is 0.201 e. The first-order valence-corrected chi connectivity index (χ1v) is 6.24. The molecule has 2 N–H and O–H groups in total. The minimum Gasteiger partial charge on any atom is -0.369 e. The van der Waals surface area contributed by atoms with Gasteiger partial charge < -0.3 is 10.3 Å². The van der Waals surface area contributed by atoms with Gasteiger partial charge in [0.15, 0.2) is 0 Å². The molecule has 4 aromatic rings. The van der Waals surface area contributed by atoms with Gasteiger partial charge in [-0.15, -0.1) is 0 Å². The molecule has 0 amide bonds. The number of benzene rings is 2. The van der Waals surface area contributed by atoms with E-state index in [0.717, 1.165) is 27.6 Å². The fourth-order valence-electron chi connectivity index (χ4n) is 2.42. The lowest BCUT2D eigenvalue weighted by Crippen LogP contribution is -2.05. The molecule has 20 heavy (non-hydrogen) atoms. The number of rotatable bonds is 2. The summed E-state index contributed by atoms with van der Waals surface area (Å²) in [5.74, 6) is 0.486. The molecule has 0 aliphatic carbocycles. The van der Waals surface area contributed by atoms with Crippen molar-refractivity contribution < 1.29 is 4.63 Å². The number of nitrogens with zero attached hydrogens (tertiary/aromatic N) is 4. The van der Waals surface area contributed by atoms with Crippen LogP contribution in [0.1, 0.15) is 5.56 Å². The zero-order chi connectivity index (χ0) is 13.5. The van der Waals surface area contributed by atoms with Crippen LogP contribution in [0.15, 0.2) is 47.1 Å².